The van der Waals surface area contributed by atoms with Gasteiger partial charge in [0.15, 0.2) is 5.82 Å². The van der Waals surface area contributed by atoms with Crippen LogP contribution >= 0.6 is 0 Å². The number of fused-ring (bicyclic) bond motifs is 1. The third-order valence-corrected chi connectivity index (χ3v) is 6.47. The Morgan fingerprint density at radius 3 is 2.51 bits per heavy atom. The monoisotopic (exact) mass is 517 g/mol. The summed E-state index contributed by atoms with van der Waals surface area (Å²) >= 11 is 0. The summed E-state index contributed by atoms with van der Waals surface area (Å²) in [6.45, 7) is 1.24. The lowest BCUT2D eigenvalue weighted by molar-refractivity contribution is -0.121. The van der Waals surface area contributed by atoms with Gasteiger partial charge in [0.1, 0.15) is 11.6 Å². The number of nitrogens with one attached hydrogen (secondary N) is 2. The van der Waals surface area contributed by atoms with Crippen LogP contribution in [0.5, 0.6) is 5.75 Å². The highest BCUT2D eigenvalue weighted by atomic mass is 16.5. The van der Waals surface area contributed by atoms with E-state index in [4.69, 9.17) is 14.7 Å². The van der Waals surface area contributed by atoms with Gasteiger partial charge in [0.25, 0.3) is 0 Å². The molecule has 0 atom stereocenters. The van der Waals surface area contributed by atoms with E-state index >= 15 is 0 Å². The van der Waals surface area contributed by atoms with E-state index in [1.165, 1.54) is 0 Å². The van der Waals surface area contributed by atoms with Crippen molar-refractivity contribution in [2.75, 3.05) is 19.0 Å². The molecule has 2 aromatic heterocycles. The van der Waals surface area contributed by atoms with Crippen LogP contribution in [0.2, 0.25) is 0 Å². The molecule has 3 aromatic carbocycles. The second-order valence-electron chi connectivity index (χ2n) is 9.25. The summed E-state index contributed by atoms with van der Waals surface area (Å²) in [7, 11) is 1.67. The van der Waals surface area contributed by atoms with E-state index in [0.29, 0.717) is 25.3 Å². The number of aromatic nitrogens is 3. The maximum atomic E-state index is 12.3. The van der Waals surface area contributed by atoms with E-state index < -0.39 is 0 Å². The molecule has 1 amide bonds. The number of amides is 1. The van der Waals surface area contributed by atoms with Crippen molar-refractivity contribution in [3.8, 4) is 28.3 Å². The minimum Gasteiger partial charge on any atom is -0.497 e. The molecule has 0 aliphatic rings. The predicted octanol–water partition coefficient (Wildman–Crippen LogP) is 6.27. The molecule has 0 radical (unpaired) electrons. The van der Waals surface area contributed by atoms with E-state index in [1.54, 1.807) is 19.5 Å². The second kappa shape index (κ2) is 12.6. The molecular formula is C32H31N5O2. The van der Waals surface area contributed by atoms with Crippen molar-refractivity contribution >= 4 is 22.6 Å². The highest BCUT2D eigenvalue weighted by Gasteiger charge is 2.12. The van der Waals surface area contributed by atoms with Gasteiger partial charge < -0.3 is 15.4 Å². The van der Waals surface area contributed by atoms with Crippen molar-refractivity contribution < 1.29 is 9.53 Å². The Hall–Kier alpha value is -4.78. The number of methoxy groups -OCH3 is 1. The highest BCUT2D eigenvalue weighted by Crippen LogP contribution is 2.31. The molecule has 5 rings (SSSR count). The quantitative estimate of drug-likeness (QED) is 0.201. The number of rotatable bonds is 11. The third-order valence-electron chi connectivity index (χ3n) is 6.47. The Balaban J connectivity index is 1.29. The van der Waals surface area contributed by atoms with Gasteiger partial charge in [0.05, 0.1) is 12.6 Å². The number of ether oxygens (including phenoxy) is 1. The fraction of sp³-hybridized carbons (Fsp3) is 0.188. The molecule has 2 heterocycles. The van der Waals surface area contributed by atoms with Crippen LogP contribution in [0.15, 0.2) is 97.3 Å². The van der Waals surface area contributed by atoms with E-state index in [-0.39, 0.29) is 5.91 Å². The Morgan fingerprint density at radius 2 is 1.69 bits per heavy atom. The molecule has 0 bridgehead atoms. The number of nitrogens with zero attached hydrogens (tertiary/aromatic N) is 3. The molecular weight excluding hydrogens is 486 g/mol. The van der Waals surface area contributed by atoms with Crippen molar-refractivity contribution in [3.63, 3.8) is 0 Å². The molecule has 0 saturated carbocycles. The van der Waals surface area contributed by atoms with Crippen LogP contribution in [0, 0.1) is 0 Å². The maximum Gasteiger partial charge on any atom is 0.220 e. The van der Waals surface area contributed by atoms with Gasteiger partial charge in [-0.05, 0) is 65.9 Å². The van der Waals surface area contributed by atoms with Crippen molar-refractivity contribution in [1.82, 2.24) is 20.3 Å². The summed E-state index contributed by atoms with van der Waals surface area (Å²) in [5.74, 6) is 2.25. The van der Waals surface area contributed by atoms with Gasteiger partial charge in [-0.25, -0.2) is 9.97 Å². The van der Waals surface area contributed by atoms with Gasteiger partial charge in [-0.15, -0.1) is 0 Å². The average Bonchev–Trinajstić information content (AvgIpc) is 3.00. The van der Waals surface area contributed by atoms with Crippen LogP contribution in [0.3, 0.4) is 0 Å². The number of anilines is 1. The third kappa shape index (κ3) is 6.76. The van der Waals surface area contributed by atoms with Crippen LogP contribution < -0.4 is 15.4 Å². The van der Waals surface area contributed by atoms with Crippen molar-refractivity contribution in [3.05, 3.63) is 103 Å². The van der Waals surface area contributed by atoms with Crippen molar-refractivity contribution in [1.29, 1.82) is 0 Å². The van der Waals surface area contributed by atoms with Crippen molar-refractivity contribution in [2.24, 2.45) is 0 Å². The second-order valence-corrected chi connectivity index (χ2v) is 9.25. The van der Waals surface area contributed by atoms with E-state index in [0.717, 1.165) is 57.6 Å². The molecule has 0 aliphatic carbocycles. The lowest BCUT2D eigenvalue weighted by atomic mass is 10.0. The molecule has 0 spiro atoms. The van der Waals surface area contributed by atoms with Gasteiger partial charge in [-0.2, -0.15) is 0 Å². The average molecular weight is 518 g/mol. The van der Waals surface area contributed by atoms with Crippen LogP contribution in [-0.4, -0.2) is 34.5 Å². The smallest absolute Gasteiger partial charge is 0.220 e. The summed E-state index contributed by atoms with van der Waals surface area (Å²) in [5, 5.41) is 7.43. The zero-order valence-corrected chi connectivity index (χ0v) is 21.9. The van der Waals surface area contributed by atoms with E-state index in [1.807, 2.05) is 66.7 Å². The minimum absolute atomic E-state index is 0.0631. The number of unbranched alkanes of at least 4 members (excludes halogenated alkanes) is 1. The minimum atomic E-state index is 0.0631. The van der Waals surface area contributed by atoms with Crippen LogP contribution in [0.1, 0.15) is 24.8 Å². The Morgan fingerprint density at radius 1 is 0.846 bits per heavy atom. The van der Waals surface area contributed by atoms with E-state index in [2.05, 4.69) is 33.8 Å². The summed E-state index contributed by atoms with van der Waals surface area (Å²) in [5.41, 5.74) is 4.91. The van der Waals surface area contributed by atoms with Gasteiger partial charge in [0, 0.05) is 42.9 Å². The first kappa shape index (κ1) is 25.9. The first-order chi connectivity index (χ1) is 19.2. The molecule has 196 valence electrons. The molecule has 7 nitrogen and oxygen atoms in total. The lowest BCUT2D eigenvalue weighted by Crippen LogP contribution is -2.22. The summed E-state index contributed by atoms with van der Waals surface area (Å²) < 4.78 is 5.41. The highest BCUT2D eigenvalue weighted by molar-refractivity contribution is 5.94. The molecule has 2 N–H and O–H groups in total. The number of carbonyl (C=O) groups is 1. The SMILES string of the molecule is COc1cccc(-c2ccc3nc(-c4cccnc4)nc(NCCCCC(=O)NCc4ccccc4)c3c2)c1. The van der Waals surface area contributed by atoms with Gasteiger partial charge in [0.2, 0.25) is 5.91 Å². The molecule has 0 unspecified atom stereocenters. The Bertz CT molecular complexity index is 1540. The zero-order valence-electron chi connectivity index (χ0n) is 21.9. The van der Waals surface area contributed by atoms with Crippen LogP contribution in [-0.2, 0) is 11.3 Å². The molecule has 0 fully saturated rings. The van der Waals surface area contributed by atoms with Crippen LogP contribution in [0.4, 0.5) is 5.82 Å². The van der Waals surface area contributed by atoms with Crippen molar-refractivity contribution in [2.45, 2.75) is 25.8 Å². The Labute approximate surface area is 228 Å². The fourth-order valence-corrected chi connectivity index (χ4v) is 4.37. The normalized spacial score (nSPS) is 10.8. The lowest BCUT2D eigenvalue weighted by Gasteiger charge is -2.13. The van der Waals surface area contributed by atoms with Gasteiger partial charge >= 0.3 is 0 Å². The summed E-state index contributed by atoms with van der Waals surface area (Å²) in [6.07, 6.45) is 5.60. The molecule has 0 aliphatic heterocycles. The van der Waals surface area contributed by atoms with Gasteiger partial charge in [-0.3, -0.25) is 9.78 Å². The number of hydrogen-bond acceptors (Lipinski definition) is 6. The summed E-state index contributed by atoms with van der Waals surface area (Å²) in [6, 6.07) is 28.0. The molecule has 39 heavy (non-hydrogen) atoms. The van der Waals surface area contributed by atoms with Crippen LogP contribution in [0.25, 0.3) is 33.4 Å². The first-order valence-electron chi connectivity index (χ1n) is 13.1. The number of hydrogen-bond donors (Lipinski definition) is 2. The summed E-state index contributed by atoms with van der Waals surface area (Å²) in [4.78, 5) is 26.2. The first-order valence-corrected chi connectivity index (χ1v) is 13.1. The Kier molecular flexibility index (Phi) is 8.38. The number of benzene rings is 3. The zero-order chi connectivity index (χ0) is 26.9. The molecule has 5 aromatic rings. The molecule has 0 saturated heterocycles. The number of carbonyl (C=O) groups excluding carboxylic acids is 1. The maximum absolute atomic E-state index is 12.3. The predicted molar refractivity (Wildman–Crippen MR) is 155 cm³/mol. The standard InChI is InChI=1S/C32H31N5O2/c1-39-27-13-7-11-24(19-27)25-15-16-29-28(20-25)32(37-31(36-29)26-12-8-17-33-22-26)34-18-6-5-14-30(38)35-21-23-9-3-2-4-10-23/h2-4,7-13,15-17,19-20,22H,5-6,14,18,21H2,1H3,(H,35,38)(H,34,36,37). The topological polar surface area (TPSA) is 89.0 Å². The largest absolute Gasteiger partial charge is 0.497 e. The number of pyridine rings is 1. The van der Waals surface area contributed by atoms with Gasteiger partial charge in [-0.1, -0.05) is 48.5 Å². The van der Waals surface area contributed by atoms with E-state index in [9.17, 15) is 4.79 Å². The fourth-order valence-electron chi connectivity index (χ4n) is 4.37. The molecule has 7 heteroatoms.